The van der Waals surface area contributed by atoms with Crippen molar-refractivity contribution < 1.29 is 19.1 Å². The Bertz CT molecular complexity index is 1220. The van der Waals surface area contributed by atoms with E-state index in [0.717, 1.165) is 114 Å². The topological polar surface area (TPSA) is 65.6 Å². The van der Waals surface area contributed by atoms with Crippen LogP contribution in [0.2, 0.25) is 0 Å². The largest absolute Gasteiger partial charge is 0.492 e. The first kappa shape index (κ1) is 31.3. The number of amides is 2. The van der Waals surface area contributed by atoms with Gasteiger partial charge in [0.1, 0.15) is 5.75 Å². The molecule has 0 radical (unpaired) electrons. The van der Waals surface area contributed by atoms with Crippen LogP contribution in [0.5, 0.6) is 5.75 Å². The predicted molar refractivity (Wildman–Crippen MR) is 172 cm³/mol. The van der Waals surface area contributed by atoms with E-state index in [9.17, 15) is 9.59 Å². The van der Waals surface area contributed by atoms with Gasteiger partial charge in [0, 0.05) is 70.5 Å². The number of carbonyl (C=O) groups is 2. The highest BCUT2D eigenvalue weighted by Crippen LogP contribution is 2.33. The van der Waals surface area contributed by atoms with E-state index in [1.807, 2.05) is 34.9 Å². The lowest BCUT2D eigenvalue weighted by molar-refractivity contribution is -0.116. The van der Waals surface area contributed by atoms with Crippen LogP contribution in [0.1, 0.15) is 86.7 Å². The molecule has 3 heterocycles. The molecule has 43 heavy (non-hydrogen) atoms. The number of ether oxygens (including phenoxy) is 2. The normalized spacial score (nSPS) is 19.3. The predicted octanol–water partition coefficient (Wildman–Crippen LogP) is 5.87. The Kier molecular flexibility index (Phi) is 11.3. The van der Waals surface area contributed by atoms with Crippen molar-refractivity contribution in [1.82, 2.24) is 9.80 Å². The minimum absolute atomic E-state index is 0.0380. The Hall–Kier alpha value is -3.10. The molecule has 0 atom stereocenters. The van der Waals surface area contributed by atoms with E-state index in [4.69, 9.17) is 9.47 Å². The molecule has 3 aliphatic rings. The van der Waals surface area contributed by atoms with Crippen LogP contribution in [0.3, 0.4) is 0 Å². The maximum Gasteiger partial charge on any atom is 0.254 e. The molecule has 5 rings (SSSR count). The van der Waals surface area contributed by atoms with E-state index >= 15 is 0 Å². The molecule has 2 aromatic carbocycles. The van der Waals surface area contributed by atoms with E-state index in [1.165, 1.54) is 12.0 Å². The number of benzene rings is 2. The minimum Gasteiger partial charge on any atom is -0.492 e. The fourth-order valence-electron chi connectivity index (χ4n) is 6.61. The van der Waals surface area contributed by atoms with Crippen molar-refractivity contribution in [3.8, 4) is 5.75 Å². The van der Waals surface area contributed by atoms with Gasteiger partial charge >= 0.3 is 0 Å². The zero-order valence-electron chi connectivity index (χ0n) is 26.3. The summed E-state index contributed by atoms with van der Waals surface area (Å²) in [6.07, 6.45) is 8.80. The van der Waals surface area contributed by atoms with Crippen molar-refractivity contribution in [1.29, 1.82) is 0 Å². The summed E-state index contributed by atoms with van der Waals surface area (Å²) < 4.78 is 11.5. The van der Waals surface area contributed by atoms with E-state index < -0.39 is 0 Å². The molecule has 0 bridgehead atoms. The van der Waals surface area contributed by atoms with Crippen molar-refractivity contribution >= 4 is 23.2 Å². The molecule has 0 aliphatic carbocycles. The quantitative estimate of drug-likeness (QED) is 0.420. The average molecular weight is 591 g/mol. The van der Waals surface area contributed by atoms with Crippen molar-refractivity contribution in [2.24, 2.45) is 0 Å². The van der Waals surface area contributed by atoms with Crippen LogP contribution in [0.4, 0.5) is 11.4 Å². The Balaban J connectivity index is 1.46. The molecule has 0 unspecified atom stereocenters. The Morgan fingerprint density at radius 3 is 2.23 bits per heavy atom. The third-order valence-corrected chi connectivity index (χ3v) is 8.99. The number of nitrogens with zero attached hydrogens (tertiary/aromatic N) is 4. The van der Waals surface area contributed by atoms with Gasteiger partial charge in [-0.05, 0) is 74.4 Å². The Morgan fingerprint density at radius 1 is 0.791 bits per heavy atom. The van der Waals surface area contributed by atoms with Gasteiger partial charge in [0.15, 0.2) is 0 Å². The highest BCUT2D eigenvalue weighted by atomic mass is 16.5. The molecular weight excluding hydrogens is 540 g/mol. The number of carbonyl (C=O) groups excluding carboxylic acids is 2. The molecule has 2 saturated heterocycles. The number of rotatable bonds is 6. The SMILES string of the molecule is CCOc1ccc(C(=O)N2CCCCCCCN(C(C)=O)c3cc(CN4CCOCC4)ccc3C2)cc1N1CCCCC1. The molecule has 0 N–H and O–H groups in total. The van der Waals surface area contributed by atoms with Crippen LogP contribution in [0, 0.1) is 0 Å². The third-order valence-electron chi connectivity index (χ3n) is 8.99. The molecule has 2 amide bonds. The monoisotopic (exact) mass is 590 g/mol. The van der Waals surface area contributed by atoms with Gasteiger partial charge in [0.05, 0.1) is 25.5 Å². The van der Waals surface area contributed by atoms with E-state index in [1.54, 1.807) is 6.92 Å². The highest BCUT2D eigenvalue weighted by Gasteiger charge is 2.24. The summed E-state index contributed by atoms with van der Waals surface area (Å²) >= 11 is 0. The summed E-state index contributed by atoms with van der Waals surface area (Å²) in [5.41, 5.74) is 4.88. The van der Waals surface area contributed by atoms with Gasteiger partial charge in [-0.25, -0.2) is 0 Å². The fourth-order valence-corrected chi connectivity index (χ4v) is 6.61. The second kappa shape index (κ2) is 15.6. The summed E-state index contributed by atoms with van der Waals surface area (Å²) in [7, 11) is 0. The van der Waals surface area contributed by atoms with Gasteiger partial charge in [0.2, 0.25) is 5.91 Å². The lowest BCUT2D eigenvalue weighted by atomic mass is 10.0. The smallest absolute Gasteiger partial charge is 0.254 e. The molecule has 0 saturated carbocycles. The van der Waals surface area contributed by atoms with E-state index in [-0.39, 0.29) is 11.8 Å². The number of fused-ring (bicyclic) bond motifs is 1. The second-order valence-electron chi connectivity index (χ2n) is 12.2. The minimum atomic E-state index is 0.0380. The van der Waals surface area contributed by atoms with Crippen molar-refractivity contribution in [3.63, 3.8) is 0 Å². The van der Waals surface area contributed by atoms with Gasteiger partial charge < -0.3 is 24.2 Å². The van der Waals surface area contributed by atoms with Crippen LogP contribution < -0.4 is 14.5 Å². The summed E-state index contributed by atoms with van der Waals surface area (Å²) in [5.74, 6) is 0.943. The summed E-state index contributed by atoms with van der Waals surface area (Å²) in [6, 6.07) is 12.4. The van der Waals surface area contributed by atoms with Crippen LogP contribution >= 0.6 is 0 Å². The third kappa shape index (κ3) is 8.30. The molecule has 3 aliphatic heterocycles. The van der Waals surface area contributed by atoms with Crippen LogP contribution in [0.25, 0.3) is 0 Å². The Morgan fingerprint density at radius 2 is 1.49 bits per heavy atom. The Labute approximate surface area is 257 Å². The number of piperidine rings is 1. The van der Waals surface area contributed by atoms with Crippen LogP contribution in [-0.2, 0) is 22.6 Å². The molecule has 2 aromatic rings. The van der Waals surface area contributed by atoms with E-state index in [2.05, 4.69) is 28.0 Å². The van der Waals surface area contributed by atoms with Crippen LogP contribution in [-0.4, -0.2) is 80.7 Å². The second-order valence-corrected chi connectivity index (χ2v) is 12.2. The molecule has 8 nitrogen and oxygen atoms in total. The molecular formula is C35H50N4O4. The van der Waals surface area contributed by atoms with Crippen LogP contribution in [0.15, 0.2) is 36.4 Å². The number of morpholine rings is 1. The summed E-state index contributed by atoms with van der Waals surface area (Å²) in [5, 5.41) is 0. The molecule has 0 spiro atoms. The van der Waals surface area contributed by atoms with Gasteiger partial charge in [-0.3, -0.25) is 14.5 Å². The molecule has 0 aromatic heterocycles. The maximum atomic E-state index is 14.2. The lowest BCUT2D eigenvalue weighted by Gasteiger charge is -2.32. The van der Waals surface area contributed by atoms with Crippen molar-refractivity contribution in [3.05, 3.63) is 53.1 Å². The molecule has 2 fully saturated rings. The van der Waals surface area contributed by atoms with Gasteiger partial charge in [-0.15, -0.1) is 0 Å². The van der Waals surface area contributed by atoms with E-state index in [0.29, 0.717) is 31.8 Å². The lowest BCUT2D eigenvalue weighted by Crippen LogP contribution is -2.36. The zero-order chi connectivity index (χ0) is 30.0. The van der Waals surface area contributed by atoms with Gasteiger partial charge in [0.25, 0.3) is 5.91 Å². The van der Waals surface area contributed by atoms with Gasteiger partial charge in [-0.1, -0.05) is 31.4 Å². The number of hydrogen-bond acceptors (Lipinski definition) is 6. The first-order valence-electron chi connectivity index (χ1n) is 16.5. The average Bonchev–Trinajstić information content (AvgIpc) is 3.02. The zero-order valence-corrected chi connectivity index (χ0v) is 26.3. The van der Waals surface area contributed by atoms with Gasteiger partial charge in [-0.2, -0.15) is 0 Å². The number of anilines is 2. The van der Waals surface area contributed by atoms with Crippen molar-refractivity contribution in [2.75, 3.05) is 68.9 Å². The molecule has 234 valence electrons. The summed E-state index contributed by atoms with van der Waals surface area (Å²) in [6.45, 7) is 12.3. The summed E-state index contributed by atoms with van der Waals surface area (Å²) in [4.78, 5) is 35.9. The molecule has 8 heteroatoms. The first-order valence-corrected chi connectivity index (χ1v) is 16.5. The fraction of sp³-hybridized carbons (Fsp3) is 0.600. The standard InChI is InChI=1S/C35H50N4O4/c1-3-43-34-15-14-30(25-33(34)37-16-9-7-10-17-37)35(41)38-18-8-5-4-6-11-19-39(28(2)40)32-24-29(12-13-31(32)27-38)26-36-20-22-42-23-21-36/h12-15,24-25H,3-11,16-23,26-27H2,1-2H3. The first-order chi connectivity index (χ1) is 21.0. The highest BCUT2D eigenvalue weighted by molar-refractivity contribution is 5.96. The van der Waals surface area contributed by atoms with Crippen molar-refractivity contribution in [2.45, 2.75) is 78.3 Å². The number of hydrogen-bond donors (Lipinski definition) is 0. The maximum absolute atomic E-state index is 14.2.